The number of carbonyl (C=O) groups is 2. The van der Waals surface area contributed by atoms with Crippen LogP contribution in [0.4, 0.5) is 17.5 Å². The summed E-state index contributed by atoms with van der Waals surface area (Å²) in [6.45, 7) is 6.79. The molecule has 9 heteroatoms. The summed E-state index contributed by atoms with van der Waals surface area (Å²) in [6.07, 6.45) is 3.08. The van der Waals surface area contributed by atoms with Crippen molar-refractivity contribution in [2.75, 3.05) is 30.4 Å². The summed E-state index contributed by atoms with van der Waals surface area (Å²) < 4.78 is 0. The number of likely N-dealkylation sites (tertiary alicyclic amines) is 1. The van der Waals surface area contributed by atoms with Gasteiger partial charge in [0, 0.05) is 31.9 Å². The Morgan fingerprint density at radius 1 is 1.31 bits per heavy atom. The summed E-state index contributed by atoms with van der Waals surface area (Å²) in [7, 11) is 1.85. The van der Waals surface area contributed by atoms with Crippen molar-refractivity contribution in [3.8, 4) is 0 Å². The molecule has 152 valence electrons. The first-order valence-electron chi connectivity index (χ1n) is 9.41. The van der Waals surface area contributed by atoms with Crippen molar-refractivity contribution < 1.29 is 9.59 Å². The molecule has 1 aliphatic rings. The largest absolute Gasteiger partial charge is 0.364 e. The first-order chi connectivity index (χ1) is 13.9. The first-order valence-corrected chi connectivity index (χ1v) is 9.41. The number of hydrogen-bond donors (Lipinski definition) is 2. The number of aryl methyl sites for hydroxylation is 1. The second-order valence-electron chi connectivity index (χ2n) is 7.06. The molecule has 2 heterocycles. The van der Waals surface area contributed by atoms with Crippen LogP contribution in [0.15, 0.2) is 36.9 Å². The van der Waals surface area contributed by atoms with Crippen LogP contribution in [-0.2, 0) is 4.79 Å². The van der Waals surface area contributed by atoms with E-state index in [1.807, 2.05) is 43.1 Å². The van der Waals surface area contributed by atoms with Crippen LogP contribution in [0.3, 0.4) is 0 Å². The number of nitrogens with two attached hydrogens (primary N) is 1. The van der Waals surface area contributed by atoms with Crippen LogP contribution in [0, 0.1) is 6.92 Å². The van der Waals surface area contributed by atoms with E-state index in [0.29, 0.717) is 19.0 Å². The van der Waals surface area contributed by atoms with E-state index in [-0.39, 0.29) is 23.5 Å². The maximum atomic E-state index is 12.0. The second kappa shape index (κ2) is 8.68. The number of nitrogens with zero attached hydrogens (tertiary/aromatic N) is 5. The number of primary amides is 1. The molecular weight excluding hydrogens is 370 g/mol. The lowest BCUT2D eigenvalue weighted by Gasteiger charge is -2.37. The van der Waals surface area contributed by atoms with Gasteiger partial charge < -0.3 is 20.9 Å². The van der Waals surface area contributed by atoms with Crippen LogP contribution in [0.5, 0.6) is 0 Å². The summed E-state index contributed by atoms with van der Waals surface area (Å²) in [6, 6.07) is 7.68. The molecule has 0 unspecified atom stereocenters. The van der Waals surface area contributed by atoms with Crippen molar-refractivity contribution in [3.05, 3.63) is 48.2 Å². The van der Waals surface area contributed by atoms with Crippen LogP contribution in [-0.4, -0.2) is 58.1 Å². The molecule has 0 aliphatic carbocycles. The first kappa shape index (κ1) is 20.2. The maximum absolute atomic E-state index is 12.0. The van der Waals surface area contributed by atoms with Gasteiger partial charge in [0.1, 0.15) is 0 Å². The van der Waals surface area contributed by atoms with E-state index in [1.54, 1.807) is 4.90 Å². The average Bonchev–Trinajstić information content (AvgIpc) is 2.74. The minimum absolute atomic E-state index is 0.0288. The van der Waals surface area contributed by atoms with E-state index < -0.39 is 5.91 Å². The standard InChI is InChI=1S/C20H25N7O2/c1-4-16(28)27-11-5-6-15(12-27)26(3)20-23-19(17(18(21)29)24-25-20)22-14-9-7-13(2)8-10-14/h4,7-10,15H,1,5-6,11-12H2,2-3H3,(H2,21,29)(H,22,23,25)/t15-/m1/s1. The number of likely N-dealkylation sites (N-methyl/N-ethyl adjacent to an activating group) is 1. The van der Waals surface area contributed by atoms with E-state index in [1.165, 1.54) is 6.08 Å². The number of nitrogens with one attached hydrogen (secondary N) is 1. The fraction of sp³-hybridized carbons (Fsp3) is 0.350. The zero-order valence-corrected chi connectivity index (χ0v) is 16.6. The Hall–Kier alpha value is -3.49. The normalized spacial score (nSPS) is 16.2. The minimum Gasteiger partial charge on any atom is -0.364 e. The number of carbonyl (C=O) groups excluding carboxylic acids is 2. The van der Waals surface area contributed by atoms with Crippen molar-refractivity contribution in [1.82, 2.24) is 20.1 Å². The zero-order chi connectivity index (χ0) is 21.0. The molecule has 0 bridgehead atoms. The number of amides is 2. The zero-order valence-electron chi connectivity index (χ0n) is 16.6. The van der Waals surface area contributed by atoms with Gasteiger partial charge in [-0.25, -0.2) is 0 Å². The Bertz CT molecular complexity index is 914. The van der Waals surface area contributed by atoms with Crippen molar-refractivity contribution >= 4 is 29.3 Å². The topological polar surface area (TPSA) is 117 Å². The molecule has 1 saturated heterocycles. The molecule has 1 fully saturated rings. The molecule has 1 aromatic heterocycles. The summed E-state index contributed by atoms with van der Waals surface area (Å²) in [4.78, 5) is 31.9. The Kier molecular flexibility index (Phi) is 6.06. The third kappa shape index (κ3) is 4.68. The molecule has 2 amide bonds. The number of anilines is 3. The van der Waals surface area contributed by atoms with Crippen LogP contribution >= 0.6 is 0 Å². The molecule has 9 nitrogen and oxygen atoms in total. The van der Waals surface area contributed by atoms with Gasteiger partial charge in [-0.2, -0.15) is 4.98 Å². The highest BCUT2D eigenvalue weighted by Gasteiger charge is 2.27. The Balaban J connectivity index is 1.85. The quantitative estimate of drug-likeness (QED) is 0.714. The van der Waals surface area contributed by atoms with E-state index in [4.69, 9.17) is 5.73 Å². The SMILES string of the molecule is C=CC(=O)N1CCC[C@@H](N(C)c2nnc(C(N)=O)c(Nc3ccc(C)cc3)n2)C1. The highest BCUT2D eigenvalue weighted by Crippen LogP contribution is 2.23. The molecule has 29 heavy (non-hydrogen) atoms. The third-order valence-electron chi connectivity index (χ3n) is 4.97. The number of benzene rings is 1. The summed E-state index contributed by atoms with van der Waals surface area (Å²) in [5.41, 5.74) is 7.28. The summed E-state index contributed by atoms with van der Waals surface area (Å²) in [5, 5.41) is 11.2. The lowest BCUT2D eigenvalue weighted by Crippen LogP contribution is -2.48. The van der Waals surface area contributed by atoms with Gasteiger partial charge >= 0.3 is 0 Å². The molecule has 2 aromatic rings. The molecule has 1 atom stereocenters. The van der Waals surface area contributed by atoms with E-state index >= 15 is 0 Å². The minimum atomic E-state index is -0.714. The molecule has 3 N–H and O–H groups in total. The van der Waals surface area contributed by atoms with E-state index in [0.717, 1.165) is 24.1 Å². The van der Waals surface area contributed by atoms with Crippen LogP contribution in [0.2, 0.25) is 0 Å². The van der Waals surface area contributed by atoms with Gasteiger partial charge in [-0.15, -0.1) is 10.2 Å². The van der Waals surface area contributed by atoms with Gasteiger partial charge in [-0.3, -0.25) is 9.59 Å². The van der Waals surface area contributed by atoms with Gasteiger partial charge in [0.25, 0.3) is 5.91 Å². The second-order valence-corrected chi connectivity index (χ2v) is 7.06. The molecular formula is C20H25N7O2. The molecule has 0 radical (unpaired) electrons. The predicted octanol–water partition coefficient (Wildman–Crippen LogP) is 1.64. The lowest BCUT2D eigenvalue weighted by molar-refractivity contribution is -0.127. The Morgan fingerprint density at radius 3 is 2.69 bits per heavy atom. The van der Waals surface area contributed by atoms with Gasteiger partial charge in [0.05, 0.1) is 0 Å². The maximum Gasteiger partial charge on any atom is 0.273 e. The highest BCUT2D eigenvalue weighted by atomic mass is 16.2. The fourth-order valence-electron chi connectivity index (χ4n) is 3.26. The van der Waals surface area contributed by atoms with Gasteiger partial charge in [0.15, 0.2) is 11.5 Å². The highest BCUT2D eigenvalue weighted by molar-refractivity contribution is 5.96. The molecule has 1 aromatic carbocycles. The summed E-state index contributed by atoms with van der Waals surface area (Å²) >= 11 is 0. The van der Waals surface area contributed by atoms with E-state index in [2.05, 4.69) is 27.1 Å². The number of aromatic nitrogens is 3. The van der Waals surface area contributed by atoms with Crippen molar-refractivity contribution in [2.24, 2.45) is 5.73 Å². The number of rotatable bonds is 6. The van der Waals surface area contributed by atoms with Gasteiger partial charge in [-0.1, -0.05) is 24.3 Å². The van der Waals surface area contributed by atoms with Crippen molar-refractivity contribution in [1.29, 1.82) is 0 Å². The van der Waals surface area contributed by atoms with E-state index in [9.17, 15) is 9.59 Å². The van der Waals surface area contributed by atoms with Crippen LogP contribution in [0.1, 0.15) is 28.9 Å². The van der Waals surface area contributed by atoms with Crippen LogP contribution < -0.4 is 16.0 Å². The van der Waals surface area contributed by atoms with Gasteiger partial charge in [0.2, 0.25) is 11.9 Å². The third-order valence-corrected chi connectivity index (χ3v) is 4.97. The fourth-order valence-corrected chi connectivity index (χ4v) is 3.26. The van der Waals surface area contributed by atoms with Gasteiger partial charge in [-0.05, 0) is 38.0 Å². The molecule has 1 aliphatic heterocycles. The van der Waals surface area contributed by atoms with Crippen molar-refractivity contribution in [2.45, 2.75) is 25.8 Å². The lowest BCUT2D eigenvalue weighted by atomic mass is 10.0. The smallest absolute Gasteiger partial charge is 0.273 e. The molecule has 0 spiro atoms. The molecule has 0 saturated carbocycles. The molecule has 3 rings (SSSR count). The number of hydrogen-bond acceptors (Lipinski definition) is 7. The summed E-state index contributed by atoms with van der Waals surface area (Å²) in [5.74, 6) is -0.210. The average molecular weight is 395 g/mol. The van der Waals surface area contributed by atoms with Crippen molar-refractivity contribution in [3.63, 3.8) is 0 Å². The number of piperidine rings is 1. The Labute approximate surface area is 169 Å². The Morgan fingerprint density at radius 2 is 2.03 bits per heavy atom. The monoisotopic (exact) mass is 395 g/mol. The predicted molar refractivity (Wildman–Crippen MR) is 111 cm³/mol. The van der Waals surface area contributed by atoms with Crippen LogP contribution in [0.25, 0.3) is 0 Å².